The standard InChI is InChI=1S/C24H21N3O5/c1-13-4-5-17(32-13)11-27-24-25-9-16(10-26-24)21-18-8-20(30-3)19(29-2)7-14(18)6-15-12-31-23(28)22(15)21/h4-10H,11-12H2,1-3H3,(H,25,26,27). The second-order valence-electron chi connectivity index (χ2n) is 7.45. The van der Waals surface area contributed by atoms with Crippen molar-refractivity contribution in [2.45, 2.75) is 20.1 Å². The number of nitrogens with zero attached hydrogens (tertiary/aromatic N) is 2. The van der Waals surface area contributed by atoms with Gasteiger partial charge in [-0.2, -0.15) is 0 Å². The van der Waals surface area contributed by atoms with E-state index in [1.54, 1.807) is 26.6 Å². The molecule has 0 atom stereocenters. The van der Waals surface area contributed by atoms with Crippen LogP contribution in [-0.2, 0) is 17.9 Å². The summed E-state index contributed by atoms with van der Waals surface area (Å²) >= 11 is 0. The van der Waals surface area contributed by atoms with Gasteiger partial charge in [-0.3, -0.25) is 0 Å². The van der Waals surface area contributed by atoms with E-state index in [2.05, 4.69) is 15.3 Å². The summed E-state index contributed by atoms with van der Waals surface area (Å²) in [6, 6.07) is 9.51. The van der Waals surface area contributed by atoms with E-state index in [1.807, 2.05) is 37.3 Å². The third kappa shape index (κ3) is 3.39. The Balaban J connectivity index is 1.58. The van der Waals surface area contributed by atoms with Crippen molar-refractivity contribution in [2.75, 3.05) is 19.5 Å². The number of carbonyl (C=O) groups is 1. The second-order valence-corrected chi connectivity index (χ2v) is 7.45. The molecule has 2 aromatic heterocycles. The molecule has 0 saturated carbocycles. The number of aryl methyl sites for hydroxylation is 1. The van der Waals surface area contributed by atoms with Crippen LogP contribution in [0, 0.1) is 6.92 Å². The van der Waals surface area contributed by atoms with Crippen molar-refractivity contribution in [1.82, 2.24) is 9.97 Å². The molecule has 0 spiro atoms. The number of nitrogens with one attached hydrogen (secondary N) is 1. The number of carbonyl (C=O) groups excluding carboxylic acids is 1. The Labute approximate surface area is 184 Å². The molecule has 3 heterocycles. The first-order valence-corrected chi connectivity index (χ1v) is 10.1. The second kappa shape index (κ2) is 7.88. The fraction of sp³-hybridized carbons (Fsp3) is 0.208. The molecule has 1 aliphatic rings. The topological polar surface area (TPSA) is 95.7 Å². The van der Waals surface area contributed by atoms with Crippen LogP contribution in [0.15, 0.2) is 47.1 Å². The van der Waals surface area contributed by atoms with Crippen LogP contribution in [0.5, 0.6) is 11.5 Å². The first-order chi connectivity index (χ1) is 15.6. The van der Waals surface area contributed by atoms with E-state index in [0.717, 1.165) is 27.9 Å². The van der Waals surface area contributed by atoms with E-state index in [-0.39, 0.29) is 12.6 Å². The monoisotopic (exact) mass is 431 g/mol. The highest BCUT2D eigenvalue weighted by Crippen LogP contribution is 2.42. The molecule has 32 heavy (non-hydrogen) atoms. The number of aromatic nitrogens is 2. The molecule has 2 aromatic carbocycles. The summed E-state index contributed by atoms with van der Waals surface area (Å²) in [7, 11) is 3.17. The highest BCUT2D eigenvalue weighted by molar-refractivity contribution is 6.11. The molecule has 5 rings (SSSR count). The number of anilines is 1. The zero-order chi connectivity index (χ0) is 22.2. The Bertz CT molecular complexity index is 1330. The largest absolute Gasteiger partial charge is 0.493 e. The lowest BCUT2D eigenvalue weighted by molar-refractivity contribution is 0.0535. The predicted octanol–water partition coefficient (Wildman–Crippen LogP) is 4.50. The van der Waals surface area contributed by atoms with Gasteiger partial charge in [-0.25, -0.2) is 14.8 Å². The van der Waals surface area contributed by atoms with Gasteiger partial charge in [0, 0.05) is 29.1 Å². The van der Waals surface area contributed by atoms with Crippen molar-refractivity contribution in [3.8, 4) is 22.6 Å². The van der Waals surface area contributed by atoms with Crippen molar-refractivity contribution in [1.29, 1.82) is 0 Å². The zero-order valence-corrected chi connectivity index (χ0v) is 17.9. The molecule has 0 radical (unpaired) electrons. The minimum atomic E-state index is -0.359. The smallest absolute Gasteiger partial charge is 0.339 e. The molecule has 1 N–H and O–H groups in total. The maximum Gasteiger partial charge on any atom is 0.339 e. The van der Waals surface area contributed by atoms with E-state index in [0.29, 0.717) is 40.7 Å². The average molecular weight is 431 g/mol. The minimum absolute atomic E-state index is 0.231. The quantitative estimate of drug-likeness (QED) is 0.446. The third-order valence-corrected chi connectivity index (χ3v) is 5.45. The lowest BCUT2D eigenvalue weighted by Crippen LogP contribution is -2.04. The normalized spacial score (nSPS) is 12.5. The van der Waals surface area contributed by atoms with Gasteiger partial charge in [0.2, 0.25) is 5.95 Å². The van der Waals surface area contributed by atoms with Crippen molar-refractivity contribution < 1.29 is 23.4 Å². The maximum atomic E-state index is 12.6. The van der Waals surface area contributed by atoms with Gasteiger partial charge < -0.3 is 23.9 Å². The number of rotatable bonds is 6. The van der Waals surface area contributed by atoms with Crippen LogP contribution in [-0.4, -0.2) is 30.2 Å². The van der Waals surface area contributed by atoms with E-state index < -0.39 is 0 Å². The number of esters is 1. The molecule has 8 heteroatoms. The zero-order valence-electron chi connectivity index (χ0n) is 17.9. The van der Waals surface area contributed by atoms with Crippen LogP contribution in [0.3, 0.4) is 0 Å². The van der Waals surface area contributed by atoms with Crippen LogP contribution in [0.1, 0.15) is 27.4 Å². The van der Waals surface area contributed by atoms with Crippen molar-refractivity contribution in [2.24, 2.45) is 0 Å². The van der Waals surface area contributed by atoms with Crippen LogP contribution >= 0.6 is 0 Å². The Kier molecular flexibility index (Phi) is 4.89. The van der Waals surface area contributed by atoms with Gasteiger partial charge in [-0.15, -0.1) is 0 Å². The fourth-order valence-corrected chi connectivity index (χ4v) is 3.94. The van der Waals surface area contributed by atoms with Crippen LogP contribution in [0.25, 0.3) is 21.9 Å². The van der Waals surface area contributed by atoms with Gasteiger partial charge in [-0.1, -0.05) is 0 Å². The van der Waals surface area contributed by atoms with Gasteiger partial charge in [0.15, 0.2) is 11.5 Å². The number of ether oxygens (including phenoxy) is 3. The van der Waals surface area contributed by atoms with Gasteiger partial charge >= 0.3 is 5.97 Å². The number of methoxy groups -OCH3 is 2. The SMILES string of the molecule is COc1cc2cc3c(c(-c4cnc(NCc5ccc(C)o5)nc4)c2cc1OC)C(=O)OC3. The first kappa shape index (κ1) is 19.9. The average Bonchev–Trinajstić information content (AvgIpc) is 3.40. The number of cyclic esters (lactones) is 1. The molecule has 0 amide bonds. The van der Waals surface area contributed by atoms with E-state index >= 15 is 0 Å². The molecular weight excluding hydrogens is 410 g/mol. The highest BCUT2D eigenvalue weighted by Gasteiger charge is 2.28. The number of benzene rings is 2. The van der Waals surface area contributed by atoms with Crippen molar-refractivity contribution in [3.05, 3.63) is 65.4 Å². The first-order valence-electron chi connectivity index (χ1n) is 10.1. The lowest BCUT2D eigenvalue weighted by atomic mass is 9.91. The Morgan fingerprint density at radius 3 is 2.47 bits per heavy atom. The summed E-state index contributed by atoms with van der Waals surface area (Å²) < 4.78 is 21.8. The fourth-order valence-electron chi connectivity index (χ4n) is 3.94. The molecule has 162 valence electrons. The number of furan rings is 1. The molecule has 4 aromatic rings. The number of hydrogen-bond acceptors (Lipinski definition) is 8. The summed E-state index contributed by atoms with van der Waals surface area (Å²) in [6.07, 6.45) is 3.39. The summed E-state index contributed by atoms with van der Waals surface area (Å²) in [6.45, 7) is 2.60. The molecule has 0 bridgehead atoms. The number of fused-ring (bicyclic) bond motifs is 2. The Hall–Kier alpha value is -4.07. The van der Waals surface area contributed by atoms with Crippen molar-refractivity contribution in [3.63, 3.8) is 0 Å². The number of hydrogen-bond donors (Lipinski definition) is 1. The van der Waals surface area contributed by atoms with Gasteiger partial charge in [-0.05, 0) is 48.0 Å². The summed E-state index contributed by atoms with van der Waals surface area (Å²) in [5.41, 5.74) is 2.77. The van der Waals surface area contributed by atoms with E-state index in [4.69, 9.17) is 18.6 Å². The predicted molar refractivity (Wildman–Crippen MR) is 118 cm³/mol. The molecule has 8 nitrogen and oxygen atoms in total. The third-order valence-electron chi connectivity index (χ3n) is 5.45. The summed E-state index contributed by atoms with van der Waals surface area (Å²) in [5, 5.41) is 4.88. The van der Waals surface area contributed by atoms with Crippen LogP contribution in [0.4, 0.5) is 5.95 Å². The summed E-state index contributed by atoms with van der Waals surface area (Å²) in [4.78, 5) is 21.4. The minimum Gasteiger partial charge on any atom is -0.493 e. The molecular formula is C24H21N3O5. The molecule has 0 fully saturated rings. The molecule has 0 unspecified atom stereocenters. The Morgan fingerprint density at radius 1 is 1.03 bits per heavy atom. The highest BCUT2D eigenvalue weighted by atomic mass is 16.5. The van der Waals surface area contributed by atoms with Crippen molar-refractivity contribution >= 4 is 22.7 Å². The van der Waals surface area contributed by atoms with Gasteiger partial charge in [0.05, 0.1) is 26.3 Å². The molecule has 0 saturated heterocycles. The Morgan fingerprint density at radius 2 is 1.78 bits per heavy atom. The molecule has 0 aliphatic carbocycles. The van der Waals surface area contributed by atoms with E-state index in [1.165, 1.54) is 0 Å². The molecule has 1 aliphatic heterocycles. The van der Waals surface area contributed by atoms with Gasteiger partial charge in [0.1, 0.15) is 18.1 Å². The van der Waals surface area contributed by atoms with Gasteiger partial charge in [0.25, 0.3) is 0 Å². The van der Waals surface area contributed by atoms with Crippen LogP contribution < -0.4 is 14.8 Å². The van der Waals surface area contributed by atoms with Crippen LogP contribution in [0.2, 0.25) is 0 Å². The van der Waals surface area contributed by atoms with E-state index in [9.17, 15) is 4.79 Å². The lowest BCUT2D eigenvalue weighted by Gasteiger charge is -2.14. The maximum absolute atomic E-state index is 12.6. The summed E-state index contributed by atoms with van der Waals surface area (Å²) in [5.74, 6) is 2.93.